The molecule has 1 aromatic carbocycles. The van der Waals surface area contributed by atoms with Gasteiger partial charge in [-0.05, 0) is 49.3 Å². The molecule has 1 heterocycles. The van der Waals surface area contributed by atoms with Crippen molar-refractivity contribution >= 4 is 0 Å². The highest BCUT2D eigenvalue weighted by molar-refractivity contribution is 5.24. The van der Waals surface area contributed by atoms with Crippen molar-refractivity contribution in [1.29, 1.82) is 0 Å². The molecule has 3 heteroatoms. The molecule has 1 unspecified atom stereocenters. The maximum Gasteiger partial charge on any atom is 0.0790 e. The van der Waals surface area contributed by atoms with Crippen LogP contribution in [0.2, 0.25) is 0 Å². The van der Waals surface area contributed by atoms with Gasteiger partial charge in [-0.25, -0.2) is 0 Å². The molecule has 22 heavy (non-hydrogen) atoms. The summed E-state index contributed by atoms with van der Waals surface area (Å²) in [7, 11) is 0. The molecule has 0 saturated carbocycles. The van der Waals surface area contributed by atoms with Crippen molar-refractivity contribution in [1.82, 2.24) is 4.90 Å². The van der Waals surface area contributed by atoms with E-state index in [4.69, 9.17) is 4.74 Å². The van der Waals surface area contributed by atoms with Crippen molar-refractivity contribution in [2.45, 2.75) is 45.6 Å². The van der Waals surface area contributed by atoms with Gasteiger partial charge >= 0.3 is 0 Å². The molecule has 0 aliphatic carbocycles. The highest BCUT2D eigenvalue weighted by atomic mass is 16.5. The van der Waals surface area contributed by atoms with E-state index in [9.17, 15) is 5.11 Å². The first-order chi connectivity index (χ1) is 10.6. The standard InChI is InChI=1S/C19H31NO2/c1-16(2)15-17-6-8-18(9-7-17)19(21)5-3-4-10-20-11-13-22-14-12-20/h6-9,16,19,21H,3-5,10-15H2,1-2H3. The van der Waals surface area contributed by atoms with Gasteiger partial charge in [0.15, 0.2) is 0 Å². The molecule has 124 valence electrons. The first-order valence-corrected chi connectivity index (χ1v) is 8.72. The molecular weight excluding hydrogens is 274 g/mol. The van der Waals surface area contributed by atoms with Crippen LogP contribution in [-0.2, 0) is 11.2 Å². The third-order valence-electron chi connectivity index (χ3n) is 4.31. The van der Waals surface area contributed by atoms with Gasteiger partial charge < -0.3 is 9.84 Å². The molecule has 1 fully saturated rings. The van der Waals surface area contributed by atoms with Crippen LogP contribution in [0.4, 0.5) is 0 Å². The maximum absolute atomic E-state index is 10.3. The maximum atomic E-state index is 10.3. The molecule has 0 aromatic heterocycles. The molecule has 2 rings (SSSR count). The Morgan fingerprint density at radius 2 is 1.77 bits per heavy atom. The Kier molecular flexibility index (Phi) is 7.37. The Morgan fingerprint density at radius 1 is 1.09 bits per heavy atom. The number of morpholine rings is 1. The quantitative estimate of drug-likeness (QED) is 0.747. The first-order valence-electron chi connectivity index (χ1n) is 8.72. The topological polar surface area (TPSA) is 32.7 Å². The molecule has 0 spiro atoms. The van der Waals surface area contributed by atoms with Gasteiger partial charge in [0, 0.05) is 13.1 Å². The minimum absolute atomic E-state index is 0.321. The zero-order chi connectivity index (χ0) is 15.8. The number of hydrogen-bond acceptors (Lipinski definition) is 3. The van der Waals surface area contributed by atoms with Gasteiger partial charge in [0.2, 0.25) is 0 Å². The van der Waals surface area contributed by atoms with E-state index in [1.165, 1.54) is 5.56 Å². The van der Waals surface area contributed by atoms with E-state index in [2.05, 4.69) is 43.0 Å². The number of unbranched alkanes of at least 4 members (excludes halogenated alkanes) is 1. The van der Waals surface area contributed by atoms with Crippen LogP contribution < -0.4 is 0 Å². The summed E-state index contributed by atoms with van der Waals surface area (Å²) in [5, 5.41) is 10.3. The smallest absolute Gasteiger partial charge is 0.0790 e. The lowest BCUT2D eigenvalue weighted by molar-refractivity contribution is 0.0366. The molecule has 0 radical (unpaired) electrons. The number of aliphatic hydroxyl groups is 1. The number of nitrogens with zero attached hydrogens (tertiary/aromatic N) is 1. The first kappa shape index (κ1) is 17.5. The summed E-state index contributed by atoms with van der Waals surface area (Å²) in [6.45, 7) is 9.44. The van der Waals surface area contributed by atoms with Gasteiger partial charge in [-0.1, -0.05) is 38.1 Å². The lowest BCUT2D eigenvalue weighted by atomic mass is 9.98. The van der Waals surface area contributed by atoms with Crippen molar-refractivity contribution in [2.24, 2.45) is 5.92 Å². The van der Waals surface area contributed by atoms with Crippen molar-refractivity contribution in [3.05, 3.63) is 35.4 Å². The number of ether oxygens (including phenoxy) is 1. The number of aliphatic hydroxyl groups excluding tert-OH is 1. The molecule has 1 aliphatic heterocycles. The molecule has 1 aromatic rings. The number of benzene rings is 1. The molecule has 1 N–H and O–H groups in total. The van der Waals surface area contributed by atoms with Crippen LogP contribution in [-0.4, -0.2) is 42.9 Å². The van der Waals surface area contributed by atoms with Crippen molar-refractivity contribution in [3.8, 4) is 0 Å². The van der Waals surface area contributed by atoms with Gasteiger partial charge in [0.05, 0.1) is 19.3 Å². The van der Waals surface area contributed by atoms with Gasteiger partial charge in [0.25, 0.3) is 0 Å². The normalized spacial score (nSPS) is 17.8. The average Bonchev–Trinajstić information content (AvgIpc) is 2.52. The second kappa shape index (κ2) is 9.29. The summed E-state index contributed by atoms with van der Waals surface area (Å²) in [5.74, 6) is 0.677. The van der Waals surface area contributed by atoms with Crippen molar-refractivity contribution in [2.75, 3.05) is 32.8 Å². The van der Waals surface area contributed by atoms with E-state index in [0.29, 0.717) is 5.92 Å². The Morgan fingerprint density at radius 3 is 2.41 bits per heavy atom. The summed E-state index contributed by atoms with van der Waals surface area (Å²) < 4.78 is 5.35. The third kappa shape index (κ3) is 6.07. The zero-order valence-electron chi connectivity index (χ0n) is 14.1. The summed E-state index contributed by atoms with van der Waals surface area (Å²) in [5.41, 5.74) is 2.41. The van der Waals surface area contributed by atoms with Crippen LogP contribution >= 0.6 is 0 Å². The van der Waals surface area contributed by atoms with Crippen LogP contribution in [0.15, 0.2) is 24.3 Å². The van der Waals surface area contributed by atoms with Gasteiger partial charge in [-0.15, -0.1) is 0 Å². The molecule has 3 nitrogen and oxygen atoms in total. The summed E-state index contributed by atoms with van der Waals surface area (Å²) in [6, 6.07) is 8.49. The lowest BCUT2D eigenvalue weighted by Gasteiger charge is -2.26. The van der Waals surface area contributed by atoms with Crippen LogP contribution in [0.1, 0.15) is 50.3 Å². The molecule has 1 atom stereocenters. The summed E-state index contributed by atoms with van der Waals surface area (Å²) in [6.07, 6.45) is 3.87. The third-order valence-corrected chi connectivity index (χ3v) is 4.31. The molecule has 1 saturated heterocycles. The van der Waals surface area contributed by atoms with E-state index in [1.54, 1.807) is 0 Å². The highest BCUT2D eigenvalue weighted by Gasteiger charge is 2.11. The monoisotopic (exact) mass is 305 g/mol. The summed E-state index contributed by atoms with van der Waals surface area (Å²) in [4.78, 5) is 2.45. The number of rotatable bonds is 8. The van der Waals surface area contributed by atoms with E-state index in [0.717, 1.165) is 64.1 Å². The fraction of sp³-hybridized carbons (Fsp3) is 0.684. The number of hydrogen-bond donors (Lipinski definition) is 1. The van der Waals surface area contributed by atoms with E-state index >= 15 is 0 Å². The Bertz CT molecular complexity index is 410. The van der Waals surface area contributed by atoms with Gasteiger partial charge in [0.1, 0.15) is 0 Å². The molecule has 0 amide bonds. The van der Waals surface area contributed by atoms with Gasteiger partial charge in [-0.2, -0.15) is 0 Å². The minimum atomic E-state index is -0.321. The Hall–Kier alpha value is -0.900. The fourth-order valence-electron chi connectivity index (χ4n) is 3.01. The fourth-order valence-corrected chi connectivity index (χ4v) is 3.01. The van der Waals surface area contributed by atoms with Crippen LogP contribution in [0, 0.1) is 5.92 Å². The largest absolute Gasteiger partial charge is 0.388 e. The Balaban J connectivity index is 1.66. The minimum Gasteiger partial charge on any atom is -0.388 e. The SMILES string of the molecule is CC(C)Cc1ccc(C(O)CCCCN2CCOCC2)cc1. The van der Waals surface area contributed by atoms with Gasteiger partial charge in [-0.3, -0.25) is 4.90 Å². The lowest BCUT2D eigenvalue weighted by Crippen LogP contribution is -2.36. The van der Waals surface area contributed by atoms with E-state index in [1.807, 2.05) is 0 Å². The van der Waals surface area contributed by atoms with Crippen molar-refractivity contribution < 1.29 is 9.84 Å². The van der Waals surface area contributed by atoms with Crippen molar-refractivity contribution in [3.63, 3.8) is 0 Å². The van der Waals surface area contributed by atoms with E-state index < -0.39 is 0 Å². The zero-order valence-corrected chi connectivity index (χ0v) is 14.1. The Labute approximate surface area is 135 Å². The molecule has 0 bridgehead atoms. The molecular formula is C19H31NO2. The van der Waals surface area contributed by atoms with E-state index in [-0.39, 0.29) is 6.10 Å². The average molecular weight is 305 g/mol. The van der Waals surface area contributed by atoms with Crippen LogP contribution in [0.25, 0.3) is 0 Å². The highest BCUT2D eigenvalue weighted by Crippen LogP contribution is 2.20. The van der Waals surface area contributed by atoms with Crippen LogP contribution in [0.3, 0.4) is 0 Å². The predicted molar refractivity (Wildman–Crippen MR) is 91.1 cm³/mol. The summed E-state index contributed by atoms with van der Waals surface area (Å²) >= 11 is 0. The molecule has 1 aliphatic rings. The predicted octanol–water partition coefficient (Wildman–Crippen LogP) is 3.42. The van der Waals surface area contributed by atoms with Crippen LogP contribution in [0.5, 0.6) is 0 Å². The second-order valence-corrected chi connectivity index (χ2v) is 6.81. The second-order valence-electron chi connectivity index (χ2n) is 6.81.